The molecule has 0 amide bonds. The molecule has 0 atom stereocenters. The minimum atomic E-state index is 0.310. The van der Waals surface area contributed by atoms with Crippen molar-refractivity contribution < 1.29 is 0 Å². The lowest BCUT2D eigenvalue weighted by Crippen LogP contribution is -2.47. The fraction of sp³-hybridized carbons (Fsp3) is 0.375. The van der Waals surface area contributed by atoms with Crippen LogP contribution in [-0.2, 0) is 0 Å². The van der Waals surface area contributed by atoms with Gasteiger partial charge in [0, 0.05) is 38.1 Å². The monoisotopic (exact) mass is 302 g/mol. The second-order valence-electron chi connectivity index (χ2n) is 5.45. The van der Waals surface area contributed by atoms with E-state index in [1.54, 1.807) is 6.20 Å². The number of anilines is 2. The van der Waals surface area contributed by atoms with Crippen LogP contribution in [0.4, 0.5) is 11.5 Å². The van der Waals surface area contributed by atoms with E-state index in [4.69, 9.17) is 11.6 Å². The van der Waals surface area contributed by atoms with Crippen LogP contribution >= 0.6 is 11.6 Å². The molecular weight excluding hydrogens is 284 g/mol. The number of hydrogen-bond donors (Lipinski definition) is 0. The van der Waals surface area contributed by atoms with Gasteiger partial charge < -0.3 is 9.80 Å². The van der Waals surface area contributed by atoms with Crippen molar-refractivity contribution in [3.63, 3.8) is 0 Å². The molecule has 2 aromatic rings. The Labute approximate surface area is 130 Å². The van der Waals surface area contributed by atoms with Crippen LogP contribution < -0.4 is 9.80 Å². The van der Waals surface area contributed by atoms with Gasteiger partial charge >= 0.3 is 0 Å². The van der Waals surface area contributed by atoms with Gasteiger partial charge in [0.1, 0.15) is 5.82 Å². The first-order valence-electron chi connectivity index (χ1n) is 7.19. The first-order valence-corrected chi connectivity index (χ1v) is 7.57. The summed E-state index contributed by atoms with van der Waals surface area (Å²) in [5, 5.41) is 0.310. The van der Waals surface area contributed by atoms with Crippen molar-refractivity contribution >= 4 is 23.1 Å². The molecule has 0 spiro atoms. The predicted molar refractivity (Wildman–Crippen MR) is 87.4 cm³/mol. The summed E-state index contributed by atoms with van der Waals surface area (Å²) in [5.41, 5.74) is 3.98. The molecule has 3 rings (SSSR count). The van der Waals surface area contributed by atoms with Gasteiger partial charge in [0.15, 0.2) is 0 Å². The van der Waals surface area contributed by atoms with Gasteiger partial charge in [-0.15, -0.1) is 0 Å². The van der Waals surface area contributed by atoms with Gasteiger partial charge in [-0.2, -0.15) is 0 Å². The summed E-state index contributed by atoms with van der Waals surface area (Å²) in [7, 11) is 0. The average molecular weight is 303 g/mol. The number of benzene rings is 1. The molecule has 0 N–H and O–H groups in total. The second kappa shape index (κ2) is 5.90. The number of hydrogen-bond acceptors (Lipinski definition) is 4. The first-order chi connectivity index (χ1) is 10.1. The highest BCUT2D eigenvalue weighted by molar-refractivity contribution is 6.28. The lowest BCUT2D eigenvalue weighted by molar-refractivity contribution is 0.645. The van der Waals surface area contributed by atoms with Gasteiger partial charge in [0.2, 0.25) is 5.28 Å². The fourth-order valence-electron chi connectivity index (χ4n) is 2.74. The second-order valence-corrected chi connectivity index (χ2v) is 5.79. The highest BCUT2D eigenvalue weighted by Gasteiger charge is 2.19. The molecule has 1 fully saturated rings. The summed E-state index contributed by atoms with van der Waals surface area (Å²) in [6.07, 6.45) is 1.71. The molecule has 110 valence electrons. The third kappa shape index (κ3) is 3.10. The molecule has 0 saturated carbocycles. The number of aromatic nitrogens is 2. The topological polar surface area (TPSA) is 32.3 Å². The number of halogens is 1. The Morgan fingerprint density at radius 2 is 1.71 bits per heavy atom. The van der Waals surface area contributed by atoms with Crippen LogP contribution in [0.2, 0.25) is 5.28 Å². The zero-order valence-electron chi connectivity index (χ0n) is 12.4. The maximum Gasteiger partial charge on any atom is 0.224 e. The first kappa shape index (κ1) is 14.1. The summed E-state index contributed by atoms with van der Waals surface area (Å²) in [5.74, 6) is 0.913. The Morgan fingerprint density at radius 3 is 2.43 bits per heavy atom. The summed E-state index contributed by atoms with van der Waals surface area (Å²) in [6, 6.07) is 8.55. The van der Waals surface area contributed by atoms with Crippen molar-refractivity contribution in [3.05, 3.63) is 46.9 Å². The quantitative estimate of drug-likeness (QED) is 0.798. The van der Waals surface area contributed by atoms with E-state index >= 15 is 0 Å². The predicted octanol–water partition coefficient (Wildman–Crippen LogP) is 3.07. The number of aryl methyl sites for hydroxylation is 2. The molecular formula is C16H19ClN4. The number of piperazine rings is 1. The van der Waals surface area contributed by atoms with Crippen LogP contribution in [0.3, 0.4) is 0 Å². The molecule has 1 aromatic carbocycles. The van der Waals surface area contributed by atoms with E-state index in [1.165, 1.54) is 16.8 Å². The van der Waals surface area contributed by atoms with Crippen molar-refractivity contribution in [2.45, 2.75) is 13.8 Å². The minimum Gasteiger partial charge on any atom is -0.368 e. The molecule has 1 aliphatic heterocycles. The molecule has 1 aliphatic rings. The molecule has 2 heterocycles. The summed E-state index contributed by atoms with van der Waals surface area (Å²) in [4.78, 5) is 12.9. The minimum absolute atomic E-state index is 0.310. The van der Waals surface area contributed by atoms with Crippen LogP contribution in [0, 0.1) is 13.8 Å². The molecule has 1 aromatic heterocycles. The Hall–Kier alpha value is -1.81. The lowest BCUT2D eigenvalue weighted by Gasteiger charge is -2.37. The molecule has 21 heavy (non-hydrogen) atoms. The Bertz CT molecular complexity index is 636. The van der Waals surface area contributed by atoms with Crippen LogP contribution in [0.1, 0.15) is 11.1 Å². The van der Waals surface area contributed by atoms with E-state index in [9.17, 15) is 0 Å². The van der Waals surface area contributed by atoms with Crippen LogP contribution in [0.25, 0.3) is 0 Å². The summed E-state index contributed by atoms with van der Waals surface area (Å²) in [6.45, 7) is 8.19. The van der Waals surface area contributed by atoms with Crippen LogP contribution in [-0.4, -0.2) is 36.1 Å². The third-order valence-corrected chi connectivity index (χ3v) is 4.10. The van der Waals surface area contributed by atoms with Gasteiger partial charge in [-0.05, 0) is 48.7 Å². The largest absolute Gasteiger partial charge is 0.368 e. The molecule has 1 saturated heterocycles. The van der Waals surface area contributed by atoms with Gasteiger partial charge in [-0.3, -0.25) is 0 Å². The summed E-state index contributed by atoms with van der Waals surface area (Å²) >= 11 is 5.87. The van der Waals surface area contributed by atoms with Crippen molar-refractivity contribution in [1.82, 2.24) is 9.97 Å². The van der Waals surface area contributed by atoms with Gasteiger partial charge in [0.05, 0.1) is 0 Å². The average Bonchev–Trinajstić information content (AvgIpc) is 2.50. The Kier molecular flexibility index (Phi) is 3.97. The Balaban J connectivity index is 1.72. The van der Waals surface area contributed by atoms with Gasteiger partial charge in [-0.1, -0.05) is 12.1 Å². The molecule has 0 unspecified atom stereocenters. The molecule has 0 bridgehead atoms. The Morgan fingerprint density at radius 1 is 1.00 bits per heavy atom. The maximum absolute atomic E-state index is 5.87. The van der Waals surface area contributed by atoms with E-state index in [-0.39, 0.29) is 0 Å². The van der Waals surface area contributed by atoms with Crippen molar-refractivity contribution in [2.24, 2.45) is 0 Å². The highest BCUT2D eigenvalue weighted by Crippen LogP contribution is 2.24. The molecule has 4 nitrogen and oxygen atoms in total. The van der Waals surface area contributed by atoms with E-state index in [0.717, 1.165) is 32.0 Å². The number of nitrogens with zero attached hydrogens (tertiary/aromatic N) is 4. The normalized spacial score (nSPS) is 15.4. The highest BCUT2D eigenvalue weighted by atomic mass is 35.5. The summed E-state index contributed by atoms with van der Waals surface area (Å²) < 4.78 is 0. The van der Waals surface area contributed by atoms with Crippen molar-refractivity contribution in [3.8, 4) is 0 Å². The lowest BCUT2D eigenvalue weighted by atomic mass is 10.1. The standard InChI is InChI=1S/C16H19ClN4/c1-12-3-4-13(2)14(11-12)20-7-9-21(10-8-20)15-5-6-18-16(17)19-15/h3-6,11H,7-10H2,1-2H3. The van der Waals surface area contributed by atoms with Crippen molar-refractivity contribution in [1.29, 1.82) is 0 Å². The SMILES string of the molecule is Cc1ccc(C)c(N2CCN(c3ccnc(Cl)n3)CC2)c1. The van der Waals surface area contributed by atoms with Crippen LogP contribution in [0.15, 0.2) is 30.5 Å². The molecule has 0 radical (unpaired) electrons. The van der Waals surface area contributed by atoms with Crippen LogP contribution in [0.5, 0.6) is 0 Å². The van der Waals surface area contributed by atoms with E-state index in [0.29, 0.717) is 5.28 Å². The zero-order chi connectivity index (χ0) is 14.8. The van der Waals surface area contributed by atoms with Gasteiger partial charge in [0.25, 0.3) is 0 Å². The van der Waals surface area contributed by atoms with Crippen molar-refractivity contribution in [2.75, 3.05) is 36.0 Å². The van der Waals surface area contributed by atoms with E-state index < -0.39 is 0 Å². The van der Waals surface area contributed by atoms with E-state index in [2.05, 4.69) is 51.8 Å². The smallest absolute Gasteiger partial charge is 0.224 e. The molecule has 5 heteroatoms. The maximum atomic E-state index is 5.87. The number of rotatable bonds is 2. The van der Waals surface area contributed by atoms with E-state index in [1.807, 2.05) is 6.07 Å². The fourth-order valence-corrected chi connectivity index (χ4v) is 2.88. The molecule has 0 aliphatic carbocycles. The third-order valence-electron chi connectivity index (χ3n) is 3.92. The zero-order valence-corrected chi connectivity index (χ0v) is 13.1. The van der Waals surface area contributed by atoms with Gasteiger partial charge in [-0.25, -0.2) is 9.97 Å².